The highest BCUT2D eigenvalue weighted by Gasteiger charge is 2.29. The molecule has 0 spiro atoms. The highest BCUT2D eigenvalue weighted by Crippen LogP contribution is 2.30. The van der Waals surface area contributed by atoms with Crippen molar-refractivity contribution in [2.45, 2.75) is 70.9 Å². The summed E-state index contributed by atoms with van der Waals surface area (Å²) in [6, 6.07) is 3.84. The van der Waals surface area contributed by atoms with E-state index in [-0.39, 0.29) is 18.5 Å². The monoisotopic (exact) mass is 401 g/mol. The van der Waals surface area contributed by atoms with Gasteiger partial charge in [0.15, 0.2) is 6.17 Å². The van der Waals surface area contributed by atoms with E-state index in [0.29, 0.717) is 5.90 Å². The number of carbonyl (C=O) groups excluding carboxylic acids is 1. The van der Waals surface area contributed by atoms with Crippen LogP contribution in [-0.2, 0) is 9.63 Å². The molecule has 0 saturated heterocycles. The van der Waals surface area contributed by atoms with Crippen LogP contribution in [0.1, 0.15) is 76.4 Å². The molecule has 1 aliphatic heterocycles. The van der Waals surface area contributed by atoms with Crippen molar-refractivity contribution < 1.29 is 9.63 Å². The number of anilines is 1. The number of carbonyl (C=O) groups is 1. The van der Waals surface area contributed by atoms with E-state index in [4.69, 9.17) is 4.84 Å². The Labute approximate surface area is 171 Å². The second-order valence-electron chi connectivity index (χ2n) is 7.92. The van der Waals surface area contributed by atoms with E-state index in [0.717, 1.165) is 43.1 Å². The molecule has 8 heteroatoms. The van der Waals surface area contributed by atoms with Crippen molar-refractivity contribution in [2.75, 3.05) is 11.9 Å². The summed E-state index contributed by atoms with van der Waals surface area (Å²) in [5.74, 6) is 1.19. The number of nitrogens with zero attached hydrogens (tertiary/aromatic N) is 3. The van der Waals surface area contributed by atoms with E-state index in [1.165, 1.54) is 32.1 Å². The number of aliphatic imine (C=N–C) groups is 1. The highest BCUT2D eigenvalue weighted by atomic mass is 16.7. The lowest BCUT2D eigenvalue weighted by atomic mass is 9.84. The Hall–Kier alpha value is -2.35. The molecule has 0 aromatic carbocycles. The quantitative estimate of drug-likeness (QED) is 0.560. The summed E-state index contributed by atoms with van der Waals surface area (Å²) in [5, 5.41) is 5.72. The Morgan fingerprint density at radius 1 is 1.34 bits per heavy atom. The lowest BCUT2D eigenvalue weighted by Gasteiger charge is -2.22. The lowest BCUT2D eigenvalue weighted by Crippen LogP contribution is -2.22. The molecular formula is C21H31N5O3. The fraction of sp³-hybridized carbons (Fsp3) is 0.667. The Balaban J connectivity index is 1.60. The van der Waals surface area contributed by atoms with E-state index >= 15 is 0 Å². The van der Waals surface area contributed by atoms with Crippen molar-refractivity contribution in [3.8, 4) is 0 Å². The molecule has 8 nitrogen and oxygen atoms in total. The molecule has 0 bridgehead atoms. The molecule has 158 valence electrons. The first-order chi connectivity index (χ1) is 14.2. The van der Waals surface area contributed by atoms with Gasteiger partial charge in [0.25, 0.3) is 5.91 Å². The van der Waals surface area contributed by atoms with Crippen molar-refractivity contribution in [3.63, 3.8) is 0 Å². The summed E-state index contributed by atoms with van der Waals surface area (Å²) < 4.78 is 0. The Kier molecular flexibility index (Phi) is 8.10. The molecule has 1 aromatic heterocycles. The number of nitroso groups, excluding NO2 is 1. The van der Waals surface area contributed by atoms with Gasteiger partial charge < -0.3 is 10.2 Å². The molecule has 1 aliphatic carbocycles. The molecule has 1 fully saturated rings. The number of aromatic nitrogens is 1. The van der Waals surface area contributed by atoms with E-state index in [9.17, 15) is 9.70 Å². The van der Waals surface area contributed by atoms with Gasteiger partial charge in [0, 0.05) is 35.8 Å². The van der Waals surface area contributed by atoms with Crippen molar-refractivity contribution >= 4 is 17.6 Å². The number of amides is 1. The smallest absolute Gasteiger partial charge is 0.287 e. The first-order valence-electron chi connectivity index (χ1n) is 10.8. The van der Waals surface area contributed by atoms with Crippen LogP contribution < -0.4 is 10.8 Å². The molecule has 2 N–H and O–H groups in total. The van der Waals surface area contributed by atoms with Crippen LogP contribution in [0, 0.1) is 16.7 Å². The minimum Gasteiger partial charge on any atom is -0.391 e. The number of hydrogen-bond donors (Lipinski definition) is 2. The first kappa shape index (κ1) is 21.4. The molecular weight excluding hydrogens is 370 g/mol. The van der Waals surface area contributed by atoms with Crippen molar-refractivity contribution in [3.05, 3.63) is 28.8 Å². The third kappa shape index (κ3) is 6.32. The number of rotatable bonds is 10. The number of nitrogens with one attached hydrogen (secondary N) is 2. The van der Waals surface area contributed by atoms with Gasteiger partial charge in [-0.3, -0.25) is 4.79 Å². The largest absolute Gasteiger partial charge is 0.391 e. The lowest BCUT2D eigenvalue weighted by molar-refractivity contribution is -0.118. The van der Waals surface area contributed by atoms with Crippen molar-refractivity contribution in [1.82, 2.24) is 10.5 Å². The second-order valence-corrected chi connectivity index (χ2v) is 7.92. The van der Waals surface area contributed by atoms with Gasteiger partial charge in [-0.25, -0.2) is 9.98 Å². The van der Waals surface area contributed by atoms with Crippen LogP contribution in [0.4, 0.5) is 5.82 Å². The summed E-state index contributed by atoms with van der Waals surface area (Å²) in [5.41, 5.74) is 3.78. The van der Waals surface area contributed by atoms with Gasteiger partial charge in [0.1, 0.15) is 5.82 Å². The second kappa shape index (κ2) is 11.0. The van der Waals surface area contributed by atoms with E-state index in [1.54, 1.807) is 6.20 Å². The predicted octanol–water partition coefficient (Wildman–Crippen LogP) is 4.50. The first-order valence-corrected chi connectivity index (χ1v) is 10.8. The van der Waals surface area contributed by atoms with Gasteiger partial charge in [-0.15, -0.1) is 10.4 Å². The molecule has 1 amide bonds. The zero-order valence-corrected chi connectivity index (χ0v) is 17.1. The molecule has 3 rings (SSSR count). The van der Waals surface area contributed by atoms with Gasteiger partial charge in [-0.05, 0) is 25.3 Å². The molecule has 29 heavy (non-hydrogen) atoms. The average Bonchev–Trinajstić information content (AvgIpc) is 3.24. The van der Waals surface area contributed by atoms with Crippen LogP contribution in [0.3, 0.4) is 0 Å². The van der Waals surface area contributed by atoms with Crippen LogP contribution in [0.25, 0.3) is 0 Å². The van der Waals surface area contributed by atoms with Crippen molar-refractivity contribution in [1.29, 1.82) is 0 Å². The van der Waals surface area contributed by atoms with E-state index in [1.807, 2.05) is 19.1 Å². The third-order valence-corrected chi connectivity index (χ3v) is 5.75. The fourth-order valence-electron chi connectivity index (χ4n) is 4.17. The molecule has 2 heterocycles. The molecule has 1 saturated carbocycles. The molecule has 2 unspecified atom stereocenters. The Morgan fingerprint density at radius 3 is 2.86 bits per heavy atom. The van der Waals surface area contributed by atoms with Crippen LogP contribution in [0.15, 0.2) is 28.5 Å². The standard InChI is InChI=1S/C21H31N5O3/c1-2-22-18-12-11-17(14-23-18)20-24-21(29-26-20)16(13-19(27)25-28)10-6-9-15-7-4-3-5-8-15/h11-12,14-16,20,26H,2-10,13H2,1H3,(H,22,23). The Morgan fingerprint density at radius 2 is 2.17 bits per heavy atom. The number of pyridine rings is 1. The zero-order chi connectivity index (χ0) is 20.5. The van der Waals surface area contributed by atoms with Gasteiger partial charge in [-0.1, -0.05) is 51.0 Å². The minimum atomic E-state index is -0.654. The molecule has 0 radical (unpaired) electrons. The van der Waals surface area contributed by atoms with Crippen molar-refractivity contribution in [2.24, 2.45) is 22.0 Å². The summed E-state index contributed by atoms with van der Waals surface area (Å²) in [6.07, 6.45) is 10.9. The maximum atomic E-state index is 11.7. The fourth-order valence-corrected chi connectivity index (χ4v) is 4.17. The summed E-state index contributed by atoms with van der Waals surface area (Å²) in [6.45, 7) is 2.82. The molecule has 1 aromatic rings. The molecule has 2 aliphatic rings. The normalized spacial score (nSPS) is 20.6. The summed E-state index contributed by atoms with van der Waals surface area (Å²) in [4.78, 5) is 36.9. The average molecular weight is 402 g/mol. The predicted molar refractivity (Wildman–Crippen MR) is 112 cm³/mol. The Bertz CT molecular complexity index is 701. The maximum Gasteiger partial charge on any atom is 0.287 e. The van der Waals surface area contributed by atoms with Crippen LogP contribution in [-0.4, -0.2) is 23.3 Å². The topological polar surface area (TPSA) is 105 Å². The third-order valence-electron chi connectivity index (χ3n) is 5.75. The van der Waals surface area contributed by atoms with E-state index < -0.39 is 5.91 Å². The minimum absolute atomic E-state index is 0.0407. The summed E-state index contributed by atoms with van der Waals surface area (Å²) >= 11 is 0. The van der Waals surface area contributed by atoms with Crippen LogP contribution in [0.5, 0.6) is 0 Å². The van der Waals surface area contributed by atoms with Crippen LogP contribution in [0.2, 0.25) is 0 Å². The van der Waals surface area contributed by atoms with Gasteiger partial charge >= 0.3 is 0 Å². The van der Waals surface area contributed by atoms with Gasteiger partial charge in [0.2, 0.25) is 5.90 Å². The summed E-state index contributed by atoms with van der Waals surface area (Å²) in [7, 11) is 0. The SMILES string of the molecule is CCNc1ccc(C2N=C(C(CCCC3CCCCC3)CC(=O)N=O)ON2)cn1. The van der Waals surface area contributed by atoms with E-state index in [2.05, 4.69) is 26.0 Å². The number of hydroxylamine groups is 1. The van der Waals surface area contributed by atoms with Crippen LogP contribution >= 0.6 is 0 Å². The molecule has 2 atom stereocenters. The maximum absolute atomic E-state index is 11.7. The number of hydrogen-bond acceptors (Lipinski definition) is 7. The van der Waals surface area contributed by atoms with Gasteiger partial charge in [0.05, 0.1) is 0 Å². The zero-order valence-electron chi connectivity index (χ0n) is 17.1. The highest BCUT2D eigenvalue weighted by molar-refractivity contribution is 5.86. The van der Waals surface area contributed by atoms with Gasteiger partial charge in [-0.2, -0.15) is 0 Å².